The number of carbonyl (C=O) groups excluding carboxylic acids is 1. The average molecular weight is 583 g/mol. The largest absolute Gasteiger partial charge is 0.379 e. The summed E-state index contributed by atoms with van der Waals surface area (Å²) in [6.07, 6.45) is 5.85. The van der Waals surface area contributed by atoms with Gasteiger partial charge in [-0.25, -0.2) is 0 Å². The summed E-state index contributed by atoms with van der Waals surface area (Å²) in [5.74, 6) is -0.0716. The molecule has 1 aliphatic heterocycles. The van der Waals surface area contributed by atoms with E-state index in [1.54, 1.807) is 0 Å². The molecule has 0 aromatic heterocycles. The number of Topliss-reactive ketones (excluding diaryl/α,β-unsaturated/α-hetero) is 1. The third kappa shape index (κ3) is 10.6. The van der Waals surface area contributed by atoms with Crippen LogP contribution in [0.1, 0.15) is 101 Å². The Balaban J connectivity index is 1.97. The number of ether oxygens (including phenoxy) is 5. The molecule has 1 fully saturated rings. The standard InChI is InChI=1S/C36H54O6/c1-5-9-22-38-27-31-33(39-23-10-6-2)35(40-24-11-7-3)36(41-25-12-8-4)34(42-31)32(37)30-21-17-16-20-29(30)26-28-18-14-13-15-19-28/h13-21,31,33-36H,5-12,22-27H2,1-4H3/t31-,33-,34+,35+,36+/m1/s1. The number of hydrogen-bond acceptors (Lipinski definition) is 6. The second kappa shape index (κ2) is 20.0. The van der Waals surface area contributed by atoms with Crippen molar-refractivity contribution in [2.45, 2.75) is 116 Å². The van der Waals surface area contributed by atoms with Crippen LogP contribution in [0, 0.1) is 0 Å². The number of carbonyl (C=O) groups is 1. The van der Waals surface area contributed by atoms with Crippen LogP contribution in [0.25, 0.3) is 0 Å². The molecule has 0 amide bonds. The Hall–Kier alpha value is -2.09. The molecule has 6 nitrogen and oxygen atoms in total. The Morgan fingerprint density at radius 2 is 1.21 bits per heavy atom. The third-order valence-electron chi connectivity index (χ3n) is 7.76. The summed E-state index contributed by atoms with van der Waals surface area (Å²) in [5.41, 5.74) is 2.80. The maximum absolute atomic E-state index is 14.5. The lowest BCUT2D eigenvalue weighted by atomic mass is 9.87. The molecule has 234 valence electrons. The lowest BCUT2D eigenvalue weighted by Crippen LogP contribution is -2.63. The first-order valence-electron chi connectivity index (χ1n) is 16.4. The molecule has 0 aliphatic carbocycles. The Labute approximate surface area is 254 Å². The van der Waals surface area contributed by atoms with Crippen molar-refractivity contribution in [2.24, 2.45) is 0 Å². The molecule has 1 saturated heterocycles. The quantitative estimate of drug-likeness (QED) is 0.112. The van der Waals surface area contributed by atoms with Crippen molar-refractivity contribution in [2.75, 3.05) is 33.0 Å². The lowest BCUT2D eigenvalue weighted by molar-refractivity contribution is -0.254. The molecule has 2 aromatic carbocycles. The molecule has 6 heteroatoms. The zero-order chi connectivity index (χ0) is 30.0. The van der Waals surface area contributed by atoms with E-state index in [9.17, 15) is 4.79 Å². The first-order chi connectivity index (χ1) is 20.6. The van der Waals surface area contributed by atoms with Gasteiger partial charge in [-0.1, -0.05) is 108 Å². The molecule has 1 heterocycles. The van der Waals surface area contributed by atoms with Crippen LogP contribution in [0.3, 0.4) is 0 Å². The van der Waals surface area contributed by atoms with Gasteiger partial charge in [0.15, 0.2) is 5.78 Å². The van der Waals surface area contributed by atoms with Crippen LogP contribution >= 0.6 is 0 Å². The van der Waals surface area contributed by atoms with Crippen molar-refractivity contribution < 1.29 is 28.5 Å². The number of hydrogen-bond donors (Lipinski definition) is 0. The molecule has 0 unspecified atom stereocenters. The molecule has 0 saturated carbocycles. The number of benzene rings is 2. The van der Waals surface area contributed by atoms with Crippen molar-refractivity contribution in [3.8, 4) is 0 Å². The van der Waals surface area contributed by atoms with Crippen LogP contribution < -0.4 is 0 Å². The normalized spacial score (nSPS) is 22.3. The fourth-order valence-corrected chi connectivity index (χ4v) is 5.25. The van der Waals surface area contributed by atoms with Gasteiger partial charge in [0.2, 0.25) is 0 Å². The fourth-order valence-electron chi connectivity index (χ4n) is 5.25. The van der Waals surface area contributed by atoms with Gasteiger partial charge >= 0.3 is 0 Å². The van der Waals surface area contributed by atoms with Gasteiger partial charge in [0.25, 0.3) is 0 Å². The van der Waals surface area contributed by atoms with Crippen LogP contribution in [0.15, 0.2) is 54.6 Å². The lowest BCUT2D eigenvalue weighted by Gasteiger charge is -2.46. The monoisotopic (exact) mass is 582 g/mol. The molecule has 0 N–H and O–H groups in total. The van der Waals surface area contributed by atoms with Gasteiger partial charge in [-0.15, -0.1) is 0 Å². The van der Waals surface area contributed by atoms with Crippen LogP contribution in [0.2, 0.25) is 0 Å². The summed E-state index contributed by atoms with van der Waals surface area (Å²) in [5, 5.41) is 0. The topological polar surface area (TPSA) is 63.2 Å². The zero-order valence-corrected chi connectivity index (χ0v) is 26.4. The maximum Gasteiger partial charge on any atom is 0.194 e. The third-order valence-corrected chi connectivity index (χ3v) is 7.76. The highest BCUT2D eigenvalue weighted by atomic mass is 16.6. The summed E-state index contributed by atoms with van der Waals surface area (Å²) >= 11 is 0. The van der Waals surface area contributed by atoms with Crippen LogP contribution in [-0.4, -0.2) is 69.3 Å². The van der Waals surface area contributed by atoms with Crippen LogP contribution in [0.4, 0.5) is 0 Å². The number of unbranched alkanes of at least 4 members (excludes halogenated alkanes) is 4. The van der Waals surface area contributed by atoms with E-state index in [2.05, 4.69) is 39.8 Å². The molecule has 3 rings (SSSR count). The van der Waals surface area contributed by atoms with Crippen LogP contribution in [-0.2, 0) is 30.1 Å². The molecule has 0 spiro atoms. The van der Waals surface area contributed by atoms with Crippen LogP contribution in [0.5, 0.6) is 0 Å². The van der Waals surface area contributed by atoms with E-state index in [1.165, 1.54) is 0 Å². The van der Waals surface area contributed by atoms with Gasteiger partial charge in [-0.2, -0.15) is 0 Å². The Morgan fingerprint density at radius 1 is 0.667 bits per heavy atom. The minimum Gasteiger partial charge on any atom is -0.379 e. The van der Waals surface area contributed by atoms with E-state index in [4.69, 9.17) is 23.7 Å². The minimum absolute atomic E-state index is 0.0716. The smallest absolute Gasteiger partial charge is 0.194 e. The molecular weight excluding hydrogens is 528 g/mol. The predicted molar refractivity (Wildman–Crippen MR) is 168 cm³/mol. The van der Waals surface area contributed by atoms with E-state index in [-0.39, 0.29) is 11.9 Å². The van der Waals surface area contributed by atoms with Crippen molar-refractivity contribution in [3.63, 3.8) is 0 Å². The zero-order valence-electron chi connectivity index (χ0n) is 26.4. The highest BCUT2D eigenvalue weighted by Gasteiger charge is 2.51. The van der Waals surface area contributed by atoms with Crippen molar-refractivity contribution in [3.05, 3.63) is 71.3 Å². The molecule has 5 atom stereocenters. The summed E-state index contributed by atoms with van der Waals surface area (Å²) < 4.78 is 32.4. The molecule has 0 bridgehead atoms. The average Bonchev–Trinajstić information content (AvgIpc) is 3.01. The van der Waals surface area contributed by atoms with Crippen molar-refractivity contribution in [1.82, 2.24) is 0 Å². The molecular formula is C36H54O6. The SMILES string of the molecule is CCCCOC[C@H]1O[C@@H](C(=O)c2ccccc2Cc2ccccc2)[C@H](OCCCC)[C@@H](OCCCC)[C@@H]1OCCCC. The molecule has 42 heavy (non-hydrogen) atoms. The fraction of sp³-hybridized carbons (Fsp3) is 0.639. The molecule has 1 aliphatic rings. The Morgan fingerprint density at radius 3 is 1.86 bits per heavy atom. The number of ketones is 1. The first-order valence-corrected chi connectivity index (χ1v) is 16.4. The van der Waals surface area contributed by atoms with Gasteiger partial charge in [0.1, 0.15) is 30.5 Å². The van der Waals surface area contributed by atoms with Gasteiger partial charge in [0.05, 0.1) is 6.61 Å². The second-order valence-electron chi connectivity index (χ2n) is 11.3. The number of rotatable bonds is 21. The summed E-state index contributed by atoms with van der Waals surface area (Å²) in [7, 11) is 0. The van der Waals surface area contributed by atoms with E-state index >= 15 is 0 Å². The van der Waals surface area contributed by atoms with Gasteiger partial charge in [0, 0.05) is 32.0 Å². The molecule has 0 radical (unpaired) electrons. The van der Waals surface area contributed by atoms with E-state index in [0.29, 0.717) is 45.0 Å². The second-order valence-corrected chi connectivity index (χ2v) is 11.3. The minimum atomic E-state index is -0.823. The summed E-state index contributed by atoms with van der Waals surface area (Å²) in [6.45, 7) is 11.3. The highest BCUT2D eigenvalue weighted by molar-refractivity contribution is 6.01. The van der Waals surface area contributed by atoms with Crippen molar-refractivity contribution in [1.29, 1.82) is 0 Å². The highest BCUT2D eigenvalue weighted by Crippen LogP contribution is 2.32. The van der Waals surface area contributed by atoms with Gasteiger partial charge < -0.3 is 23.7 Å². The van der Waals surface area contributed by atoms with E-state index in [1.807, 2.05) is 42.5 Å². The molecule has 2 aromatic rings. The maximum atomic E-state index is 14.5. The Bertz CT molecular complexity index is 995. The Kier molecular flexibility index (Phi) is 16.4. The summed E-state index contributed by atoms with van der Waals surface area (Å²) in [6, 6.07) is 18.1. The van der Waals surface area contributed by atoms with Gasteiger partial charge in [-0.3, -0.25) is 4.79 Å². The predicted octanol–water partition coefficient (Wildman–Crippen LogP) is 7.60. The van der Waals surface area contributed by atoms with E-state index < -0.39 is 24.4 Å². The first kappa shape index (κ1) is 34.4. The van der Waals surface area contributed by atoms with E-state index in [0.717, 1.165) is 62.5 Å². The van der Waals surface area contributed by atoms with Crippen molar-refractivity contribution >= 4 is 5.78 Å². The van der Waals surface area contributed by atoms with Gasteiger partial charge in [-0.05, 0) is 43.2 Å². The summed E-state index contributed by atoms with van der Waals surface area (Å²) in [4.78, 5) is 14.5.